The van der Waals surface area contributed by atoms with E-state index in [1.807, 2.05) is 19.9 Å². The van der Waals surface area contributed by atoms with E-state index in [9.17, 15) is 14.4 Å². The van der Waals surface area contributed by atoms with Gasteiger partial charge in [0.2, 0.25) is 5.91 Å². The van der Waals surface area contributed by atoms with Crippen LogP contribution in [0.4, 0.5) is 0 Å². The molecule has 2 aliphatic rings. The van der Waals surface area contributed by atoms with Gasteiger partial charge in [0.15, 0.2) is 0 Å². The molecule has 1 aromatic rings. The van der Waals surface area contributed by atoms with Gasteiger partial charge in [-0.2, -0.15) is 0 Å². The largest absolute Gasteiger partial charge is 0.469 e. The quantitative estimate of drug-likeness (QED) is 0.805. The third-order valence-electron chi connectivity index (χ3n) is 5.68. The highest BCUT2D eigenvalue weighted by molar-refractivity contribution is 5.94. The van der Waals surface area contributed by atoms with E-state index in [-0.39, 0.29) is 18.2 Å². The molecule has 0 bridgehead atoms. The number of carbonyl (C=O) groups excluding carboxylic acids is 3. The number of rotatable bonds is 4. The number of aryl methyl sites for hydroxylation is 2. The lowest BCUT2D eigenvalue weighted by Gasteiger charge is -2.45. The number of hydroxylamine groups is 2. The van der Waals surface area contributed by atoms with Crippen LogP contribution in [0.25, 0.3) is 0 Å². The van der Waals surface area contributed by atoms with E-state index in [0.29, 0.717) is 38.2 Å². The fraction of sp³-hybridized carbons (Fsp3) is 0.632. The van der Waals surface area contributed by atoms with Gasteiger partial charge in [0.25, 0.3) is 5.91 Å². The summed E-state index contributed by atoms with van der Waals surface area (Å²) in [4.78, 5) is 48.1. The summed E-state index contributed by atoms with van der Waals surface area (Å²) >= 11 is 0. The smallest absolute Gasteiger partial charge is 0.311 e. The molecule has 8 nitrogen and oxygen atoms in total. The number of aromatic amines is 1. The van der Waals surface area contributed by atoms with Gasteiger partial charge < -0.3 is 14.6 Å². The Balaban J connectivity index is 1.81. The predicted molar refractivity (Wildman–Crippen MR) is 96.7 cm³/mol. The van der Waals surface area contributed by atoms with Gasteiger partial charge in [0, 0.05) is 25.2 Å². The topological polar surface area (TPSA) is 91.9 Å². The number of hydrogen-bond acceptors (Lipinski definition) is 5. The number of nitrogens with zero attached hydrogens (tertiary/aromatic N) is 2. The van der Waals surface area contributed by atoms with Crippen molar-refractivity contribution >= 4 is 17.8 Å². The van der Waals surface area contributed by atoms with Crippen LogP contribution >= 0.6 is 0 Å². The fourth-order valence-corrected chi connectivity index (χ4v) is 4.37. The van der Waals surface area contributed by atoms with Crippen molar-refractivity contribution in [2.75, 3.05) is 26.8 Å². The first-order chi connectivity index (χ1) is 12.8. The Morgan fingerprint density at radius 2 is 1.96 bits per heavy atom. The molecule has 2 aliphatic heterocycles. The van der Waals surface area contributed by atoms with E-state index in [0.717, 1.165) is 11.3 Å². The number of aromatic nitrogens is 1. The number of likely N-dealkylation sites (tertiary alicyclic amines) is 1. The van der Waals surface area contributed by atoms with Crippen LogP contribution in [0.2, 0.25) is 0 Å². The van der Waals surface area contributed by atoms with Gasteiger partial charge in [0.1, 0.15) is 5.69 Å². The number of H-pyrrole nitrogens is 1. The molecule has 2 saturated heterocycles. The molecule has 148 valence electrons. The van der Waals surface area contributed by atoms with Gasteiger partial charge in [-0.15, -0.1) is 0 Å². The number of hydrogen-bond donors (Lipinski definition) is 1. The molecule has 0 aliphatic carbocycles. The first-order valence-corrected chi connectivity index (χ1v) is 9.33. The molecule has 27 heavy (non-hydrogen) atoms. The third kappa shape index (κ3) is 3.22. The molecule has 1 aromatic heterocycles. The van der Waals surface area contributed by atoms with Gasteiger partial charge in [-0.3, -0.25) is 19.2 Å². The van der Waals surface area contributed by atoms with Gasteiger partial charge in [-0.1, -0.05) is 0 Å². The third-order valence-corrected chi connectivity index (χ3v) is 5.68. The molecule has 2 fully saturated rings. The first-order valence-electron chi connectivity index (χ1n) is 9.33. The zero-order chi connectivity index (χ0) is 19.8. The molecular formula is C19H27N3O5. The average molecular weight is 377 g/mol. The lowest BCUT2D eigenvalue weighted by Crippen LogP contribution is -2.58. The van der Waals surface area contributed by atoms with E-state index in [1.165, 1.54) is 12.2 Å². The van der Waals surface area contributed by atoms with Crippen molar-refractivity contribution in [3.63, 3.8) is 0 Å². The van der Waals surface area contributed by atoms with Gasteiger partial charge in [0.05, 0.1) is 25.2 Å². The second kappa shape index (κ2) is 7.34. The molecular weight excluding hydrogens is 350 g/mol. The molecule has 1 unspecified atom stereocenters. The van der Waals surface area contributed by atoms with E-state index in [1.54, 1.807) is 11.8 Å². The van der Waals surface area contributed by atoms with Crippen molar-refractivity contribution in [2.45, 2.75) is 45.6 Å². The van der Waals surface area contributed by atoms with Crippen LogP contribution in [0.5, 0.6) is 0 Å². The average Bonchev–Trinajstić information content (AvgIpc) is 3.12. The summed E-state index contributed by atoms with van der Waals surface area (Å²) in [5, 5.41) is 1.38. The summed E-state index contributed by atoms with van der Waals surface area (Å²) in [7, 11) is 1.33. The standard InChI is InChI=1S/C19H27N3O5/c1-5-27-22-15(23)11-14(18(25)26-4)19(22)6-8-21(9-7-19)17(24)16-12(2)10-13(3)20-16/h10,14,20H,5-9,11H2,1-4H3. The Morgan fingerprint density at radius 1 is 1.30 bits per heavy atom. The second-order valence-corrected chi connectivity index (χ2v) is 7.29. The Bertz CT molecular complexity index is 749. The number of amides is 2. The maximum absolute atomic E-state index is 12.9. The van der Waals surface area contributed by atoms with Crippen molar-refractivity contribution in [1.29, 1.82) is 0 Å². The van der Waals surface area contributed by atoms with Crippen molar-refractivity contribution in [2.24, 2.45) is 5.92 Å². The molecule has 3 heterocycles. The molecule has 1 atom stereocenters. The zero-order valence-corrected chi connectivity index (χ0v) is 16.3. The molecule has 8 heteroatoms. The van der Waals surface area contributed by atoms with Crippen LogP contribution in [-0.4, -0.2) is 65.1 Å². The number of carbonyl (C=O) groups is 3. The minimum Gasteiger partial charge on any atom is -0.469 e. The Labute approximate surface area is 158 Å². The van der Waals surface area contributed by atoms with Crippen LogP contribution in [0, 0.1) is 19.8 Å². The van der Waals surface area contributed by atoms with E-state index < -0.39 is 17.4 Å². The van der Waals surface area contributed by atoms with Crippen molar-refractivity contribution < 1.29 is 24.0 Å². The second-order valence-electron chi connectivity index (χ2n) is 7.29. The zero-order valence-electron chi connectivity index (χ0n) is 16.3. The Kier molecular flexibility index (Phi) is 5.28. The number of piperidine rings is 1. The highest BCUT2D eigenvalue weighted by Gasteiger charge is 2.58. The van der Waals surface area contributed by atoms with Crippen LogP contribution in [0.15, 0.2) is 6.07 Å². The van der Waals surface area contributed by atoms with E-state index in [2.05, 4.69) is 4.98 Å². The highest BCUT2D eigenvalue weighted by atomic mass is 16.7. The maximum atomic E-state index is 12.9. The number of nitrogens with one attached hydrogen (secondary N) is 1. The van der Waals surface area contributed by atoms with Crippen LogP contribution in [0.3, 0.4) is 0 Å². The number of esters is 1. The molecule has 1 spiro atoms. The SMILES string of the molecule is CCON1C(=O)CC(C(=O)OC)C12CCN(C(=O)c1[nH]c(C)cc1C)CC2. The summed E-state index contributed by atoms with van der Waals surface area (Å²) < 4.78 is 4.94. The van der Waals surface area contributed by atoms with Gasteiger partial charge >= 0.3 is 5.97 Å². The Morgan fingerprint density at radius 3 is 2.48 bits per heavy atom. The predicted octanol–water partition coefficient (Wildman–Crippen LogP) is 1.58. The monoisotopic (exact) mass is 377 g/mol. The molecule has 2 amide bonds. The fourth-order valence-electron chi connectivity index (χ4n) is 4.37. The Hall–Kier alpha value is -2.35. The minimum absolute atomic E-state index is 0.0580. The number of ether oxygens (including phenoxy) is 1. The normalized spacial score (nSPS) is 21.8. The summed E-state index contributed by atoms with van der Waals surface area (Å²) in [5.41, 5.74) is 1.70. The van der Waals surface area contributed by atoms with E-state index >= 15 is 0 Å². The first kappa shape index (κ1) is 19.4. The lowest BCUT2D eigenvalue weighted by atomic mass is 9.77. The molecule has 3 rings (SSSR count). The minimum atomic E-state index is -0.752. The molecule has 1 N–H and O–H groups in total. The molecule has 0 radical (unpaired) electrons. The molecule has 0 saturated carbocycles. The summed E-state index contributed by atoms with van der Waals surface area (Å²) in [6, 6.07) is 1.94. The maximum Gasteiger partial charge on any atom is 0.311 e. The van der Waals surface area contributed by atoms with Gasteiger partial charge in [-0.25, -0.2) is 5.06 Å². The van der Waals surface area contributed by atoms with Crippen LogP contribution < -0.4 is 0 Å². The number of methoxy groups -OCH3 is 1. The van der Waals surface area contributed by atoms with Crippen molar-refractivity contribution in [3.8, 4) is 0 Å². The van der Waals surface area contributed by atoms with E-state index in [4.69, 9.17) is 9.57 Å². The summed E-state index contributed by atoms with van der Waals surface area (Å²) in [6.45, 7) is 6.86. The van der Waals surface area contributed by atoms with Crippen molar-refractivity contribution in [1.82, 2.24) is 14.9 Å². The van der Waals surface area contributed by atoms with Gasteiger partial charge in [-0.05, 0) is 45.2 Å². The van der Waals surface area contributed by atoms with Crippen LogP contribution in [0.1, 0.15) is 47.9 Å². The van der Waals surface area contributed by atoms with Crippen molar-refractivity contribution in [3.05, 3.63) is 23.0 Å². The summed E-state index contributed by atoms with van der Waals surface area (Å²) in [5.74, 6) is -1.24. The summed E-state index contributed by atoms with van der Waals surface area (Å²) in [6.07, 6.45) is 1.03. The van der Waals surface area contributed by atoms with Crippen LogP contribution in [-0.2, 0) is 19.2 Å². The highest BCUT2D eigenvalue weighted by Crippen LogP contribution is 2.44. The molecule has 0 aromatic carbocycles. The lowest BCUT2D eigenvalue weighted by molar-refractivity contribution is -0.220.